The van der Waals surface area contributed by atoms with Gasteiger partial charge in [-0.05, 0) is 42.3 Å². The van der Waals surface area contributed by atoms with Gasteiger partial charge in [-0.3, -0.25) is 9.78 Å². The molecule has 0 N–H and O–H groups in total. The lowest BCUT2D eigenvalue weighted by atomic mass is 10.1. The van der Waals surface area contributed by atoms with Gasteiger partial charge in [0.25, 0.3) is 5.22 Å². The van der Waals surface area contributed by atoms with Gasteiger partial charge in [-0.1, -0.05) is 30.3 Å². The minimum absolute atomic E-state index is 0.0971. The van der Waals surface area contributed by atoms with E-state index in [4.69, 9.17) is 4.42 Å². The van der Waals surface area contributed by atoms with E-state index in [9.17, 15) is 4.79 Å². The third-order valence-electron chi connectivity index (χ3n) is 4.28. The van der Waals surface area contributed by atoms with Crippen LogP contribution in [0.4, 0.5) is 0 Å². The summed E-state index contributed by atoms with van der Waals surface area (Å²) in [6.07, 6.45) is 5.48. The summed E-state index contributed by atoms with van der Waals surface area (Å²) < 4.78 is 5.76. The van der Waals surface area contributed by atoms with Crippen molar-refractivity contribution in [2.24, 2.45) is 0 Å². The Balaban J connectivity index is 1.59. The molecule has 26 heavy (non-hydrogen) atoms. The number of aromatic nitrogens is 3. The third kappa shape index (κ3) is 3.62. The van der Waals surface area contributed by atoms with Crippen LogP contribution >= 0.6 is 11.8 Å². The Morgan fingerprint density at radius 2 is 1.88 bits per heavy atom. The van der Waals surface area contributed by atoms with Gasteiger partial charge in [0.2, 0.25) is 11.8 Å². The molecule has 1 aliphatic heterocycles. The minimum atomic E-state index is -0.392. The van der Waals surface area contributed by atoms with Gasteiger partial charge in [0.15, 0.2) is 0 Å². The second-order valence-electron chi connectivity index (χ2n) is 6.06. The molecule has 0 radical (unpaired) electrons. The van der Waals surface area contributed by atoms with E-state index in [-0.39, 0.29) is 5.91 Å². The molecule has 0 aliphatic carbocycles. The lowest BCUT2D eigenvalue weighted by Crippen LogP contribution is -2.31. The zero-order chi connectivity index (χ0) is 17.8. The number of thioether (sulfide) groups is 1. The van der Waals surface area contributed by atoms with Crippen molar-refractivity contribution in [2.45, 2.75) is 23.3 Å². The van der Waals surface area contributed by atoms with Gasteiger partial charge in [0.05, 0.1) is 5.56 Å². The number of benzene rings is 1. The highest BCUT2D eigenvalue weighted by molar-refractivity contribution is 8.00. The van der Waals surface area contributed by atoms with Crippen LogP contribution in [0.2, 0.25) is 0 Å². The van der Waals surface area contributed by atoms with Crippen LogP contribution in [0.3, 0.4) is 0 Å². The summed E-state index contributed by atoms with van der Waals surface area (Å²) in [5.74, 6) is 0.501. The van der Waals surface area contributed by atoms with Gasteiger partial charge < -0.3 is 9.32 Å². The maximum atomic E-state index is 13.0. The molecule has 0 bridgehead atoms. The molecule has 0 spiro atoms. The molecule has 1 aromatic carbocycles. The molecule has 7 heteroatoms. The number of amides is 1. The Morgan fingerprint density at radius 1 is 1.08 bits per heavy atom. The maximum Gasteiger partial charge on any atom is 0.277 e. The van der Waals surface area contributed by atoms with E-state index in [1.807, 2.05) is 47.4 Å². The SMILES string of the molecule is O=C([C@H](Sc1nnc(-c2cccnc2)o1)c1ccccc1)N1CCCC1. The van der Waals surface area contributed by atoms with Crippen molar-refractivity contribution in [3.8, 4) is 11.5 Å². The van der Waals surface area contributed by atoms with Gasteiger partial charge >= 0.3 is 0 Å². The first-order valence-electron chi connectivity index (χ1n) is 8.55. The predicted molar refractivity (Wildman–Crippen MR) is 98.4 cm³/mol. The van der Waals surface area contributed by atoms with E-state index < -0.39 is 5.25 Å². The van der Waals surface area contributed by atoms with Crippen molar-refractivity contribution in [2.75, 3.05) is 13.1 Å². The molecule has 132 valence electrons. The second kappa shape index (κ2) is 7.70. The summed E-state index contributed by atoms with van der Waals surface area (Å²) in [5.41, 5.74) is 1.70. The van der Waals surface area contributed by atoms with E-state index >= 15 is 0 Å². The van der Waals surface area contributed by atoms with Gasteiger partial charge in [-0.2, -0.15) is 0 Å². The molecule has 2 aromatic heterocycles. The zero-order valence-corrected chi connectivity index (χ0v) is 14.9. The Kier molecular flexibility index (Phi) is 4.97. The van der Waals surface area contributed by atoms with Crippen LogP contribution in [0.25, 0.3) is 11.5 Å². The Bertz CT molecular complexity index is 864. The van der Waals surface area contributed by atoms with Crippen molar-refractivity contribution in [1.82, 2.24) is 20.1 Å². The third-order valence-corrected chi connectivity index (χ3v) is 5.35. The first-order valence-corrected chi connectivity index (χ1v) is 9.43. The minimum Gasteiger partial charge on any atom is -0.411 e. The topological polar surface area (TPSA) is 72.1 Å². The van der Waals surface area contributed by atoms with E-state index in [1.54, 1.807) is 12.4 Å². The molecule has 0 saturated carbocycles. The van der Waals surface area contributed by atoms with Crippen molar-refractivity contribution < 1.29 is 9.21 Å². The maximum absolute atomic E-state index is 13.0. The number of rotatable bonds is 5. The monoisotopic (exact) mass is 366 g/mol. The molecule has 3 heterocycles. The molecular weight excluding hydrogens is 348 g/mol. The van der Waals surface area contributed by atoms with Gasteiger partial charge in [-0.25, -0.2) is 0 Å². The van der Waals surface area contributed by atoms with Crippen LogP contribution in [0.5, 0.6) is 0 Å². The quantitative estimate of drug-likeness (QED) is 0.643. The lowest BCUT2D eigenvalue weighted by Gasteiger charge is -2.22. The Hall–Kier alpha value is -2.67. The van der Waals surface area contributed by atoms with Crippen molar-refractivity contribution in [3.05, 3.63) is 60.4 Å². The number of likely N-dealkylation sites (tertiary alicyclic amines) is 1. The Morgan fingerprint density at radius 3 is 2.62 bits per heavy atom. The van der Waals surface area contributed by atoms with E-state index in [2.05, 4.69) is 15.2 Å². The smallest absolute Gasteiger partial charge is 0.277 e. The van der Waals surface area contributed by atoms with Crippen LogP contribution < -0.4 is 0 Å². The molecule has 1 amide bonds. The Labute approximate surface area is 155 Å². The first kappa shape index (κ1) is 16.8. The normalized spacial score (nSPS) is 15.2. The number of hydrogen-bond acceptors (Lipinski definition) is 6. The molecular formula is C19H18N4O2S. The molecule has 1 atom stereocenters. The van der Waals surface area contributed by atoms with E-state index in [0.29, 0.717) is 11.1 Å². The number of pyridine rings is 1. The molecule has 1 fully saturated rings. The van der Waals surface area contributed by atoms with E-state index in [0.717, 1.165) is 37.1 Å². The highest BCUT2D eigenvalue weighted by Gasteiger charge is 2.30. The summed E-state index contributed by atoms with van der Waals surface area (Å²) in [5, 5.41) is 8.19. The number of carbonyl (C=O) groups excluding carboxylic acids is 1. The summed E-state index contributed by atoms with van der Waals surface area (Å²) in [4.78, 5) is 19.0. The highest BCUT2D eigenvalue weighted by Crippen LogP contribution is 2.37. The highest BCUT2D eigenvalue weighted by atomic mass is 32.2. The van der Waals surface area contributed by atoms with Crippen LogP contribution in [-0.4, -0.2) is 39.1 Å². The van der Waals surface area contributed by atoms with Crippen molar-refractivity contribution in [1.29, 1.82) is 0 Å². The van der Waals surface area contributed by atoms with Crippen LogP contribution in [-0.2, 0) is 4.79 Å². The first-order chi connectivity index (χ1) is 12.8. The molecule has 4 rings (SSSR count). The number of nitrogens with zero attached hydrogens (tertiary/aromatic N) is 4. The van der Waals surface area contributed by atoms with Crippen molar-refractivity contribution >= 4 is 17.7 Å². The standard InChI is InChI=1S/C19H18N4O2S/c24-18(23-11-4-5-12-23)16(14-7-2-1-3-8-14)26-19-22-21-17(25-19)15-9-6-10-20-13-15/h1-3,6-10,13,16H,4-5,11-12H2/t16-/m1/s1. The lowest BCUT2D eigenvalue weighted by molar-refractivity contribution is -0.129. The van der Waals surface area contributed by atoms with Crippen LogP contribution in [0.1, 0.15) is 23.7 Å². The predicted octanol–water partition coefficient (Wildman–Crippen LogP) is 3.59. The van der Waals surface area contributed by atoms with E-state index in [1.165, 1.54) is 11.8 Å². The van der Waals surface area contributed by atoms with Crippen molar-refractivity contribution in [3.63, 3.8) is 0 Å². The average Bonchev–Trinajstić information content (AvgIpc) is 3.39. The number of carbonyl (C=O) groups is 1. The number of hydrogen-bond donors (Lipinski definition) is 0. The molecule has 6 nitrogen and oxygen atoms in total. The fraction of sp³-hybridized carbons (Fsp3) is 0.263. The summed E-state index contributed by atoms with van der Waals surface area (Å²) in [7, 11) is 0. The summed E-state index contributed by atoms with van der Waals surface area (Å²) in [6, 6.07) is 13.4. The van der Waals surface area contributed by atoms with Gasteiger partial charge in [0.1, 0.15) is 5.25 Å². The molecule has 3 aromatic rings. The molecule has 0 unspecified atom stereocenters. The van der Waals surface area contributed by atoms with Gasteiger partial charge in [-0.15, -0.1) is 10.2 Å². The second-order valence-corrected chi connectivity index (χ2v) is 7.11. The van der Waals surface area contributed by atoms with Crippen LogP contribution in [0.15, 0.2) is 64.5 Å². The summed E-state index contributed by atoms with van der Waals surface area (Å²) in [6.45, 7) is 1.63. The zero-order valence-electron chi connectivity index (χ0n) is 14.1. The molecule has 1 aliphatic rings. The largest absolute Gasteiger partial charge is 0.411 e. The fourth-order valence-electron chi connectivity index (χ4n) is 2.96. The van der Waals surface area contributed by atoms with Gasteiger partial charge in [0, 0.05) is 25.5 Å². The average molecular weight is 366 g/mol. The fourth-order valence-corrected chi connectivity index (χ4v) is 3.92. The summed E-state index contributed by atoms with van der Waals surface area (Å²) >= 11 is 1.30. The molecule has 1 saturated heterocycles. The van der Waals surface area contributed by atoms with Crippen LogP contribution in [0, 0.1) is 0 Å².